The fourth-order valence-corrected chi connectivity index (χ4v) is 4.56. The first-order chi connectivity index (χ1) is 12.9. The third-order valence-electron chi connectivity index (χ3n) is 3.39. The number of esters is 1. The molecule has 0 saturated heterocycles. The highest BCUT2D eigenvalue weighted by atomic mass is 35.5. The van der Waals surface area contributed by atoms with E-state index in [-0.39, 0.29) is 18.3 Å². The van der Waals surface area contributed by atoms with E-state index in [1.807, 2.05) is 30.3 Å². The molecule has 144 valence electrons. The van der Waals surface area contributed by atoms with Gasteiger partial charge in [0.05, 0.1) is 22.9 Å². The molecule has 0 spiro atoms. The number of amides is 1. The van der Waals surface area contributed by atoms with Crippen LogP contribution in [0.4, 0.5) is 4.79 Å². The minimum Gasteiger partial charge on any atom is -0.468 e. The third-order valence-corrected chi connectivity index (χ3v) is 6.56. The van der Waals surface area contributed by atoms with E-state index in [4.69, 9.17) is 33.7 Å². The Labute approximate surface area is 175 Å². The summed E-state index contributed by atoms with van der Waals surface area (Å²) in [6.07, 6.45) is -0.876. The lowest BCUT2D eigenvalue weighted by atomic mass is 10.2. The fourth-order valence-electron chi connectivity index (χ4n) is 2.06. The second-order valence-corrected chi connectivity index (χ2v) is 8.06. The number of hydrogen-bond acceptors (Lipinski definition) is 6. The molecule has 0 atom stereocenters. The van der Waals surface area contributed by atoms with E-state index in [0.29, 0.717) is 21.4 Å². The van der Waals surface area contributed by atoms with Crippen molar-refractivity contribution in [3.8, 4) is 0 Å². The predicted octanol–water partition coefficient (Wildman–Crippen LogP) is 5.15. The van der Waals surface area contributed by atoms with Crippen molar-refractivity contribution in [2.45, 2.75) is 22.2 Å². The van der Waals surface area contributed by atoms with E-state index < -0.39 is 6.09 Å². The van der Waals surface area contributed by atoms with Gasteiger partial charge in [-0.2, -0.15) is 0 Å². The summed E-state index contributed by atoms with van der Waals surface area (Å²) >= 11 is 15.6. The molecule has 2 N–H and O–H groups in total. The zero-order chi connectivity index (χ0) is 19.8. The SMILES string of the molecule is COC(=O)CSCc1ccccc1Sc1ccc(COC(N)=O)c(Cl)c1Cl. The molecule has 2 aromatic carbocycles. The number of methoxy groups -OCH3 is 1. The minimum absolute atomic E-state index is 0.0421. The third kappa shape index (κ3) is 6.53. The fraction of sp³-hybridized carbons (Fsp3) is 0.222. The molecule has 1 amide bonds. The number of carbonyl (C=O) groups is 2. The van der Waals surface area contributed by atoms with Crippen LogP contribution in [0.25, 0.3) is 0 Å². The molecule has 27 heavy (non-hydrogen) atoms. The average Bonchev–Trinajstić information content (AvgIpc) is 2.65. The number of thioether (sulfide) groups is 1. The molecule has 0 aromatic heterocycles. The number of carbonyl (C=O) groups excluding carboxylic acids is 2. The topological polar surface area (TPSA) is 78.6 Å². The zero-order valence-electron chi connectivity index (χ0n) is 14.4. The van der Waals surface area contributed by atoms with Gasteiger partial charge in [-0.3, -0.25) is 4.79 Å². The van der Waals surface area contributed by atoms with Gasteiger partial charge in [0.1, 0.15) is 6.61 Å². The maximum absolute atomic E-state index is 11.3. The summed E-state index contributed by atoms with van der Waals surface area (Å²) in [5.74, 6) is 0.693. The lowest BCUT2D eigenvalue weighted by molar-refractivity contribution is -0.137. The summed E-state index contributed by atoms with van der Waals surface area (Å²) in [5.41, 5.74) is 6.62. The van der Waals surface area contributed by atoms with Crippen molar-refractivity contribution in [2.75, 3.05) is 12.9 Å². The summed E-state index contributed by atoms with van der Waals surface area (Å²) < 4.78 is 9.41. The Bertz CT molecular complexity index is 833. The summed E-state index contributed by atoms with van der Waals surface area (Å²) in [6, 6.07) is 11.4. The van der Waals surface area contributed by atoms with Crippen LogP contribution < -0.4 is 5.73 Å². The van der Waals surface area contributed by atoms with E-state index >= 15 is 0 Å². The average molecular weight is 446 g/mol. The van der Waals surface area contributed by atoms with Gasteiger partial charge in [-0.25, -0.2) is 4.79 Å². The standard InChI is InChI=1S/C18H17Cl2NO4S2/c1-24-15(22)10-26-9-12-4-2-3-5-13(12)27-14-7-6-11(8-25-18(21)23)16(19)17(14)20/h2-7H,8-10H2,1H3,(H2,21,23). The summed E-state index contributed by atoms with van der Waals surface area (Å²) in [4.78, 5) is 23.8. The van der Waals surface area contributed by atoms with E-state index in [1.54, 1.807) is 6.07 Å². The first-order valence-corrected chi connectivity index (χ1v) is 10.4. The molecule has 2 rings (SSSR count). The van der Waals surface area contributed by atoms with Crippen molar-refractivity contribution >= 4 is 58.8 Å². The van der Waals surface area contributed by atoms with Crippen LogP contribution in [-0.4, -0.2) is 24.9 Å². The van der Waals surface area contributed by atoms with Crippen LogP contribution in [0.15, 0.2) is 46.2 Å². The zero-order valence-corrected chi connectivity index (χ0v) is 17.5. The Balaban J connectivity index is 2.14. The van der Waals surface area contributed by atoms with Crippen molar-refractivity contribution in [3.05, 3.63) is 57.6 Å². The number of nitrogens with two attached hydrogens (primary N) is 1. The molecule has 0 radical (unpaired) electrons. The Hall–Kier alpha value is -1.54. The van der Waals surface area contributed by atoms with Crippen molar-refractivity contribution in [3.63, 3.8) is 0 Å². The van der Waals surface area contributed by atoms with Crippen molar-refractivity contribution in [1.29, 1.82) is 0 Å². The van der Waals surface area contributed by atoms with Gasteiger partial charge < -0.3 is 15.2 Å². The first-order valence-electron chi connectivity index (χ1n) is 7.71. The molecule has 0 aliphatic heterocycles. The second-order valence-electron chi connectivity index (χ2n) is 5.24. The lowest BCUT2D eigenvalue weighted by Gasteiger charge is -2.12. The minimum atomic E-state index is -0.876. The Morgan fingerprint density at radius 1 is 1.04 bits per heavy atom. The smallest absolute Gasteiger partial charge is 0.404 e. The number of primary amides is 1. The number of hydrogen-bond donors (Lipinski definition) is 1. The summed E-state index contributed by atoms with van der Waals surface area (Å²) in [5, 5.41) is 0.699. The van der Waals surface area contributed by atoms with Gasteiger partial charge >= 0.3 is 12.1 Å². The Morgan fingerprint density at radius 3 is 2.48 bits per heavy atom. The van der Waals surface area contributed by atoms with E-state index in [1.165, 1.54) is 30.6 Å². The molecule has 0 fully saturated rings. The number of ether oxygens (including phenoxy) is 2. The monoisotopic (exact) mass is 445 g/mol. The normalized spacial score (nSPS) is 10.5. The van der Waals surface area contributed by atoms with Crippen LogP contribution in [0.3, 0.4) is 0 Å². The van der Waals surface area contributed by atoms with Crippen LogP contribution in [0.1, 0.15) is 11.1 Å². The molecule has 0 bridgehead atoms. The summed E-state index contributed by atoms with van der Waals surface area (Å²) in [6.45, 7) is -0.0421. The predicted molar refractivity (Wildman–Crippen MR) is 110 cm³/mol. The highest BCUT2D eigenvalue weighted by Crippen LogP contribution is 2.40. The van der Waals surface area contributed by atoms with Gasteiger partial charge in [-0.15, -0.1) is 11.8 Å². The largest absolute Gasteiger partial charge is 0.468 e. The molecular formula is C18H17Cl2NO4S2. The van der Waals surface area contributed by atoms with Gasteiger partial charge in [0.2, 0.25) is 0 Å². The Kier molecular flexibility index (Phi) is 8.63. The number of benzene rings is 2. The highest BCUT2D eigenvalue weighted by Gasteiger charge is 2.14. The van der Waals surface area contributed by atoms with Crippen LogP contribution in [0, 0.1) is 0 Å². The summed E-state index contributed by atoms with van der Waals surface area (Å²) in [7, 11) is 1.37. The van der Waals surface area contributed by atoms with Crippen molar-refractivity contribution in [2.24, 2.45) is 5.73 Å². The first kappa shape index (κ1) is 21.8. The molecule has 2 aromatic rings. The van der Waals surface area contributed by atoms with E-state index in [9.17, 15) is 9.59 Å². The molecule has 0 heterocycles. The number of rotatable bonds is 8. The second kappa shape index (κ2) is 10.7. The molecule has 5 nitrogen and oxygen atoms in total. The molecule has 0 aliphatic carbocycles. The van der Waals surface area contributed by atoms with Crippen LogP contribution in [0.2, 0.25) is 10.0 Å². The lowest BCUT2D eigenvalue weighted by Crippen LogP contribution is -2.12. The molecule has 9 heteroatoms. The highest BCUT2D eigenvalue weighted by molar-refractivity contribution is 8.00. The van der Waals surface area contributed by atoms with Crippen LogP contribution in [0.5, 0.6) is 0 Å². The molecular weight excluding hydrogens is 429 g/mol. The van der Waals surface area contributed by atoms with E-state index in [2.05, 4.69) is 4.74 Å². The molecule has 0 unspecified atom stereocenters. The van der Waals surface area contributed by atoms with E-state index in [0.717, 1.165) is 15.4 Å². The Morgan fingerprint density at radius 2 is 1.78 bits per heavy atom. The quantitative estimate of drug-likeness (QED) is 0.566. The van der Waals surface area contributed by atoms with Gasteiger partial charge in [-0.05, 0) is 17.7 Å². The van der Waals surface area contributed by atoms with Crippen LogP contribution >= 0.6 is 46.7 Å². The van der Waals surface area contributed by atoms with Crippen molar-refractivity contribution in [1.82, 2.24) is 0 Å². The van der Waals surface area contributed by atoms with Crippen molar-refractivity contribution < 1.29 is 19.1 Å². The van der Waals surface area contributed by atoms with Gasteiger partial charge in [0.25, 0.3) is 0 Å². The van der Waals surface area contributed by atoms with Gasteiger partial charge in [0.15, 0.2) is 0 Å². The van der Waals surface area contributed by atoms with Gasteiger partial charge in [-0.1, -0.05) is 59.2 Å². The maximum Gasteiger partial charge on any atom is 0.404 e. The molecule has 0 aliphatic rings. The number of halogens is 2. The van der Waals surface area contributed by atoms with Gasteiger partial charge in [0, 0.05) is 21.1 Å². The maximum atomic E-state index is 11.3. The molecule has 0 saturated carbocycles. The van der Waals surface area contributed by atoms with Crippen LogP contribution in [-0.2, 0) is 26.6 Å².